The largest absolute Gasteiger partial charge is 0.449 e. The minimum atomic E-state index is -0.412. The highest BCUT2D eigenvalue weighted by Crippen LogP contribution is 2.44. The van der Waals surface area contributed by atoms with Gasteiger partial charge in [0.1, 0.15) is 6.61 Å². The van der Waals surface area contributed by atoms with Crippen molar-refractivity contribution in [2.75, 3.05) is 145 Å². The molecule has 366 valence electrons. The van der Waals surface area contributed by atoms with Crippen molar-refractivity contribution in [2.24, 2.45) is 0 Å². The Morgan fingerprint density at radius 3 is 1.05 bits per heavy atom. The number of carbonyl (C=O) groups excluding carboxylic acids is 1. The third-order valence-electron chi connectivity index (χ3n) is 10.8. The van der Waals surface area contributed by atoms with Crippen molar-refractivity contribution in [3.8, 4) is 11.1 Å². The number of benzene rings is 2. The highest BCUT2D eigenvalue weighted by atomic mass is 16.6. The molecule has 1 N–H and O–H groups in total. The van der Waals surface area contributed by atoms with Crippen LogP contribution in [0.2, 0.25) is 0 Å². The Balaban J connectivity index is 0.904. The predicted molar refractivity (Wildman–Crippen MR) is 252 cm³/mol. The van der Waals surface area contributed by atoms with Crippen LogP contribution in [0, 0.1) is 0 Å². The van der Waals surface area contributed by atoms with Crippen molar-refractivity contribution in [3.05, 3.63) is 59.7 Å². The highest BCUT2D eigenvalue weighted by molar-refractivity contribution is 5.79. The smallest absolute Gasteiger partial charge is 0.407 e. The molecule has 0 spiro atoms. The first-order chi connectivity index (χ1) is 31.8. The van der Waals surface area contributed by atoms with Gasteiger partial charge in [0.2, 0.25) is 0 Å². The molecule has 2 aromatic carbocycles. The number of fused-ring (bicyclic) bond motifs is 3. The molecule has 1 aliphatic rings. The normalized spacial score (nSPS) is 12.2. The molecular weight excluding hydrogens is 819 g/mol. The first-order valence-corrected chi connectivity index (χ1v) is 24.7. The molecule has 0 bridgehead atoms. The molecule has 13 nitrogen and oxygen atoms in total. The Kier molecular flexibility index (Phi) is 36.3. The molecule has 0 aliphatic heterocycles. The maximum atomic E-state index is 12.3. The summed E-state index contributed by atoms with van der Waals surface area (Å²) in [6.07, 6.45) is 18.0. The third kappa shape index (κ3) is 29.1. The molecule has 0 saturated heterocycles. The minimum Gasteiger partial charge on any atom is -0.449 e. The number of ether oxygens (including phenoxy) is 11. The van der Waals surface area contributed by atoms with Gasteiger partial charge in [0.15, 0.2) is 0 Å². The van der Waals surface area contributed by atoms with Gasteiger partial charge >= 0.3 is 6.09 Å². The van der Waals surface area contributed by atoms with Crippen molar-refractivity contribution >= 4 is 6.09 Å². The van der Waals surface area contributed by atoms with E-state index in [1.165, 1.54) is 99.3 Å². The van der Waals surface area contributed by atoms with Crippen LogP contribution < -0.4 is 5.32 Å². The molecule has 13 heteroatoms. The van der Waals surface area contributed by atoms with Gasteiger partial charge in [0.05, 0.1) is 119 Å². The van der Waals surface area contributed by atoms with Gasteiger partial charge in [0.25, 0.3) is 0 Å². The average Bonchev–Trinajstić information content (AvgIpc) is 3.64. The number of amides is 1. The van der Waals surface area contributed by atoms with E-state index in [0.717, 1.165) is 13.0 Å². The van der Waals surface area contributed by atoms with Crippen LogP contribution in [0.1, 0.15) is 114 Å². The number of alkyl carbamates (subject to hydrolysis) is 1. The Labute approximate surface area is 386 Å². The quantitative estimate of drug-likeness (QED) is 0.0636. The Morgan fingerprint density at radius 1 is 0.391 bits per heavy atom. The number of nitrogens with one attached hydrogen (secondary N) is 1. The molecule has 0 aromatic heterocycles. The van der Waals surface area contributed by atoms with Crippen LogP contribution in [0.25, 0.3) is 11.1 Å². The summed E-state index contributed by atoms with van der Waals surface area (Å²) in [6.45, 7) is 13.8. The fourth-order valence-electron chi connectivity index (χ4n) is 7.32. The van der Waals surface area contributed by atoms with Crippen LogP contribution >= 0.6 is 0 Å². The number of carbonyl (C=O) groups is 1. The molecule has 0 saturated carbocycles. The lowest BCUT2D eigenvalue weighted by molar-refractivity contribution is -0.0264. The number of rotatable bonds is 47. The fraction of sp³-hybridized carbons (Fsp3) is 0.745. The molecule has 0 radical (unpaired) electrons. The van der Waals surface area contributed by atoms with Crippen LogP contribution in [-0.4, -0.2) is 151 Å². The zero-order chi connectivity index (χ0) is 45.1. The Hall–Kier alpha value is -2.69. The van der Waals surface area contributed by atoms with Crippen molar-refractivity contribution in [3.63, 3.8) is 0 Å². The van der Waals surface area contributed by atoms with Gasteiger partial charge in [-0.2, -0.15) is 0 Å². The predicted octanol–water partition coefficient (Wildman–Crippen LogP) is 9.17. The molecule has 0 fully saturated rings. The third-order valence-corrected chi connectivity index (χ3v) is 10.8. The summed E-state index contributed by atoms with van der Waals surface area (Å²) in [5.41, 5.74) is 4.82. The van der Waals surface area contributed by atoms with Crippen molar-refractivity contribution in [2.45, 2.75) is 103 Å². The van der Waals surface area contributed by atoms with Gasteiger partial charge < -0.3 is 57.4 Å². The number of hydrogen-bond donors (Lipinski definition) is 1. The topological polar surface area (TPSA) is 131 Å². The highest BCUT2D eigenvalue weighted by Gasteiger charge is 2.29. The fourth-order valence-corrected chi connectivity index (χ4v) is 7.32. The van der Waals surface area contributed by atoms with E-state index in [2.05, 4.69) is 36.5 Å². The summed E-state index contributed by atoms with van der Waals surface area (Å²) in [5, 5.41) is 2.81. The lowest BCUT2D eigenvalue weighted by Gasteiger charge is -2.14. The van der Waals surface area contributed by atoms with E-state index in [1.54, 1.807) is 0 Å². The second-order valence-electron chi connectivity index (χ2n) is 16.0. The average molecular weight is 904 g/mol. The minimum absolute atomic E-state index is 0.0507. The van der Waals surface area contributed by atoms with Crippen LogP contribution in [0.3, 0.4) is 0 Å². The zero-order valence-corrected chi connectivity index (χ0v) is 39.6. The van der Waals surface area contributed by atoms with Gasteiger partial charge in [-0.3, -0.25) is 0 Å². The summed E-state index contributed by atoms with van der Waals surface area (Å²) >= 11 is 0. The lowest BCUT2D eigenvalue weighted by Crippen LogP contribution is -2.27. The molecular formula is C51H85NO12. The molecule has 0 unspecified atom stereocenters. The Bertz CT molecular complexity index is 1310. The maximum absolute atomic E-state index is 12.3. The van der Waals surface area contributed by atoms with E-state index in [9.17, 15) is 4.79 Å². The molecule has 64 heavy (non-hydrogen) atoms. The summed E-state index contributed by atoms with van der Waals surface area (Å²) in [4.78, 5) is 12.3. The van der Waals surface area contributed by atoms with Gasteiger partial charge in [-0.25, -0.2) is 4.79 Å². The molecule has 1 amide bonds. The molecule has 0 heterocycles. The van der Waals surface area contributed by atoms with E-state index in [4.69, 9.17) is 52.1 Å². The lowest BCUT2D eigenvalue weighted by atomic mass is 9.98. The van der Waals surface area contributed by atoms with Crippen molar-refractivity contribution in [1.29, 1.82) is 0 Å². The molecule has 0 atom stereocenters. The molecule has 1 aliphatic carbocycles. The van der Waals surface area contributed by atoms with Crippen LogP contribution in [0.4, 0.5) is 4.79 Å². The van der Waals surface area contributed by atoms with Crippen LogP contribution in [-0.2, 0) is 52.1 Å². The van der Waals surface area contributed by atoms with Crippen LogP contribution in [0.5, 0.6) is 0 Å². The van der Waals surface area contributed by atoms with Crippen molar-refractivity contribution < 1.29 is 56.9 Å². The standard InChI is InChI=1S/C51H85NO12/c1-2-3-4-5-6-7-8-9-10-11-12-13-18-25-54-27-29-56-31-33-58-35-37-60-39-41-62-43-44-63-42-40-61-38-36-59-34-32-57-30-28-55-26-19-24-52-51(53)64-45-50-48-22-16-14-20-46(48)47-21-15-17-23-49(47)50/h14-17,20-23,50H,2-13,18-19,24-45H2,1H3,(H,52,53). The molecule has 3 rings (SSSR count). The van der Waals surface area contributed by atoms with Gasteiger partial charge in [-0.15, -0.1) is 0 Å². The SMILES string of the molecule is CCCCCCCCCCCCCCCOCCOCCOCCOCCOCCOCCOCCOCCOCCOCCCNC(=O)OCC1c2ccccc2-c2ccccc21. The number of unbranched alkanes of at least 4 members (excludes halogenated alkanes) is 12. The first kappa shape index (κ1) is 55.6. The van der Waals surface area contributed by atoms with E-state index in [0.29, 0.717) is 145 Å². The second-order valence-corrected chi connectivity index (χ2v) is 16.0. The zero-order valence-electron chi connectivity index (χ0n) is 39.6. The molecule has 2 aromatic rings. The first-order valence-electron chi connectivity index (χ1n) is 24.7. The van der Waals surface area contributed by atoms with Gasteiger partial charge in [0, 0.05) is 25.7 Å². The summed E-state index contributed by atoms with van der Waals surface area (Å²) in [5.74, 6) is 0.0507. The van der Waals surface area contributed by atoms with Gasteiger partial charge in [-0.1, -0.05) is 133 Å². The monoisotopic (exact) mass is 904 g/mol. The Morgan fingerprint density at radius 2 is 0.688 bits per heavy atom. The van der Waals surface area contributed by atoms with E-state index in [1.807, 2.05) is 24.3 Å². The van der Waals surface area contributed by atoms with Crippen molar-refractivity contribution in [1.82, 2.24) is 5.32 Å². The maximum Gasteiger partial charge on any atom is 0.407 e. The summed E-state index contributed by atoms with van der Waals surface area (Å²) < 4.78 is 61.2. The van der Waals surface area contributed by atoms with Gasteiger partial charge in [-0.05, 0) is 35.1 Å². The van der Waals surface area contributed by atoms with E-state index < -0.39 is 6.09 Å². The second kappa shape index (κ2) is 41.7. The van der Waals surface area contributed by atoms with Crippen LogP contribution in [0.15, 0.2) is 48.5 Å². The summed E-state index contributed by atoms with van der Waals surface area (Å²) in [6, 6.07) is 16.6. The number of hydrogen-bond acceptors (Lipinski definition) is 12. The van der Waals surface area contributed by atoms with E-state index in [-0.39, 0.29) is 5.92 Å². The van der Waals surface area contributed by atoms with E-state index >= 15 is 0 Å². The summed E-state index contributed by atoms with van der Waals surface area (Å²) in [7, 11) is 0.